The molecule has 0 saturated heterocycles. The largest absolute Gasteiger partial charge is 0.310 e. The lowest BCUT2D eigenvalue weighted by atomic mass is 9.93. The maximum absolute atomic E-state index is 13.2. The third-order valence-corrected chi connectivity index (χ3v) is 4.60. The molecule has 0 unspecified atom stereocenters. The molecule has 0 spiro atoms. The first-order chi connectivity index (χ1) is 9.16. The van der Waals surface area contributed by atoms with Crippen molar-refractivity contribution < 1.29 is 4.39 Å². The fraction of sp³-hybridized carbons (Fsp3) is 0.625. The predicted octanol–water partition coefficient (Wildman–Crippen LogP) is 4.93. The smallest absolute Gasteiger partial charge is 0.123 e. The minimum atomic E-state index is -0.219. The maximum atomic E-state index is 13.2. The molecule has 2 rings (SSSR count). The van der Waals surface area contributed by atoms with Crippen molar-refractivity contribution in [2.45, 2.75) is 58.0 Å². The van der Waals surface area contributed by atoms with Crippen LogP contribution in [0.1, 0.15) is 51.0 Å². The Morgan fingerprint density at radius 3 is 2.63 bits per heavy atom. The molecule has 19 heavy (non-hydrogen) atoms. The van der Waals surface area contributed by atoms with Gasteiger partial charge in [0.15, 0.2) is 0 Å². The highest BCUT2D eigenvalue weighted by atomic mass is 35.5. The van der Waals surface area contributed by atoms with Crippen molar-refractivity contribution in [1.29, 1.82) is 0 Å². The van der Waals surface area contributed by atoms with E-state index in [9.17, 15) is 4.39 Å². The standard InChI is InChI=1S/C16H23ClFN/c1-12(13-6-4-2-3-5-7-13)19-11-14-10-15(18)8-9-16(14)17/h8-10,12-13,19H,2-7,11H2,1H3/t12-/m1/s1. The summed E-state index contributed by atoms with van der Waals surface area (Å²) in [7, 11) is 0. The van der Waals surface area contributed by atoms with Gasteiger partial charge in [-0.2, -0.15) is 0 Å². The molecular formula is C16H23ClFN. The van der Waals surface area contributed by atoms with Gasteiger partial charge in [0.2, 0.25) is 0 Å². The van der Waals surface area contributed by atoms with Crippen molar-refractivity contribution in [3.63, 3.8) is 0 Å². The van der Waals surface area contributed by atoms with Crippen LogP contribution < -0.4 is 5.32 Å². The summed E-state index contributed by atoms with van der Waals surface area (Å²) in [6.45, 7) is 2.89. The third kappa shape index (κ3) is 4.47. The van der Waals surface area contributed by atoms with Crippen molar-refractivity contribution in [3.8, 4) is 0 Å². The van der Waals surface area contributed by atoms with Crippen LogP contribution in [0, 0.1) is 11.7 Å². The molecule has 1 nitrogen and oxygen atoms in total. The Kier molecular flexibility index (Phi) is 5.65. The van der Waals surface area contributed by atoms with E-state index in [4.69, 9.17) is 11.6 Å². The van der Waals surface area contributed by atoms with Gasteiger partial charge in [0.25, 0.3) is 0 Å². The molecular weight excluding hydrogens is 261 g/mol. The molecule has 1 aromatic rings. The van der Waals surface area contributed by atoms with Gasteiger partial charge in [-0.15, -0.1) is 0 Å². The molecule has 1 N–H and O–H groups in total. The van der Waals surface area contributed by atoms with Gasteiger partial charge in [-0.1, -0.05) is 37.3 Å². The molecule has 0 heterocycles. The number of halogens is 2. The number of hydrogen-bond acceptors (Lipinski definition) is 1. The van der Waals surface area contributed by atoms with Crippen LogP contribution in [-0.4, -0.2) is 6.04 Å². The highest BCUT2D eigenvalue weighted by molar-refractivity contribution is 6.31. The Labute approximate surface area is 120 Å². The first kappa shape index (κ1) is 14.8. The molecule has 0 aliphatic heterocycles. The predicted molar refractivity (Wildman–Crippen MR) is 78.9 cm³/mol. The highest BCUT2D eigenvalue weighted by Gasteiger charge is 2.18. The second-order valence-corrected chi connectivity index (χ2v) is 6.06. The Morgan fingerprint density at radius 2 is 1.95 bits per heavy atom. The van der Waals surface area contributed by atoms with Crippen molar-refractivity contribution in [3.05, 3.63) is 34.6 Å². The molecule has 1 aliphatic carbocycles. The van der Waals surface area contributed by atoms with Crippen LogP contribution >= 0.6 is 11.6 Å². The summed E-state index contributed by atoms with van der Waals surface area (Å²) in [4.78, 5) is 0. The lowest BCUT2D eigenvalue weighted by Gasteiger charge is -2.24. The Morgan fingerprint density at radius 1 is 1.26 bits per heavy atom. The van der Waals surface area contributed by atoms with E-state index in [2.05, 4.69) is 12.2 Å². The minimum Gasteiger partial charge on any atom is -0.310 e. The van der Waals surface area contributed by atoms with Crippen LogP contribution in [0.5, 0.6) is 0 Å². The van der Waals surface area contributed by atoms with Gasteiger partial charge in [-0.3, -0.25) is 0 Å². The zero-order valence-corrected chi connectivity index (χ0v) is 12.3. The second-order valence-electron chi connectivity index (χ2n) is 5.66. The number of nitrogens with one attached hydrogen (secondary N) is 1. The summed E-state index contributed by atoms with van der Waals surface area (Å²) < 4.78 is 13.2. The number of rotatable bonds is 4. The number of hydrogen-bond donors (Lipinski definition) is 1. The summed E-state index contributed by atoms with van der Waals surface area (Å²) in [5.41, 5.74) is 0.849. The molecule has 0 bridgehead atoms. The van der Waals surface area contributed by atoms with Crippen LogP contribution in [0.25, 0.3) is 0 Å². The van der Waals surface area contributed by atoms with Crippen LogP contribution in [0.4, 0.5) is 4.39 Å². The Bertz CT molecular complexity index is 400. The first-order valence-electron chi connectivity index (χ1n) is 7.34. The fourth-order valence-corrected chi connectivity index (χ4v) is 3.11. The zero-order valence-electron chi connectivity index (χ0n) is 11.6. The zero-order chi connectivity index (χ0) is 13.7. The summed E-state index contributed by atoms with van der Waals surface area (Å²) in [6.07, 6.45) is 8.06. The van der Waals surface area contributed by atoms with Crippen molar-refractivity contribution in [1.82, 2.24) is 5.32 Å². The maximum Gasteiger partial charge on any atom is 0.123 e. The van der Waals surface area contributed by atoms with Gasteiger partial charge >= 0.3 is 0 Å². The van der Waals surface area contributed by atoms with E-state index in [1.54, 1.807) is 6.07 Å². The summed E-state index contributed by atoms with van der Waals surface area (Å²) in [5, 5.41) is 4.15. The van der Waals surface area contributed by atoms with E-state index >= 15 is 0 Å². The van der Waals surface area contributed by atoms with E-state index in [0.29, 0.717) is 17.6 Å². The van der Waals surface area contributed by atoms with Crippen LogP contribution in [0.3, 0.4) is 0 Å². The summed E-state index contributed by atoms with van der Waals surface area (Å²) >= 11 is 6.08. The van der Waals surface area contributed by atoms with Crippen molar-refractivity contribution in [2.75, 3.05) is 0 Å². The minimum absolute atomic E-state index is 0.219. The molecule has 1 aliphatic rings. The van der Waals surface area contributed by atoms with E-state index in [1.807, 2.05) is 0 Å². The average Bonchev–Trinajstić information content (AvgIpc) is 2.68. The van der Waals surface area contributed by atoms with Crippen LogP contribution in [-0.2, 0) is 6.54 Å². The molecule has 106 valence electrons. The van der Waals surface area contributed by atoms with Crippen LogP contribution in [0.15, 0.2) is 18.2 Å². The van der Waals surface area contributed by atoms with Gasteiger partial charge in [0, 0.05) is 17.6 Å². The monoisotopic (exact) mass is 283 g/mol. The fourth-order valence-electron chi connectivity index (χ4n) is 2.93. The quantitative estimate of drug-likeness (QED) is 0.773. The van der Waals surface area contributed by atoms with E-state index in [0.717, 1.165) is 11.5 Å². The van der Waals surface area contributed by atoms with Crippen LogP contribution in [0.2, 0.25) is 5.02 Å². The van der Waals surface area contributed by atoms with Gasteiger partial charge in [0.1, 0.15) is 5.82 Å². The Balaban J connectivity index is 1.88. The molecule has 0 aromatic heterocycles. The molecule has 1 fully saturated rings. The van der Waals surface area contributed by atoms with E-state index < -0.39 is 0 Å². The summed E-state index contributed by atoms with van der Waals surface area (Å²) in [6, 6.07) is 5.03. The van der Waals surface area contributed by atoms with Gasteiger partial charge in [-0.05, 0) is 49.4 Å². The third-order valence-electron chi connectivity index (χ3n) is 4.23. The van der Waals surface area contributed by atoms with Gasteiger partial charge in [0.05, 0.1) is 0 Å². The van der Waals surface area contributed by atoms with E-state index in [-0.39, 0.29) is 5.82 Å². The highest BCUT2D eigenvalue weighted by Crippen LogP contribution is 2.26. The van der Waals surface area contributed by atoms with Gasteiger partial charge < -0.3 is 5.32 Å². The Hall–Kier alpha value is -0.600. The second kappa shape index (κ2) is 7.25. The van der Waals surface area contributed by atoms with Crippen molar-refractivity contribution in [2.24, 2.45) is 5.92 Å². The molecule has 0 amide bonds. The van der Waals surface area contributed by atoms with Crippen molar-refractivity contribution >= 4 is 11.6 Å². The molecule has 3 heteroatoms. The lowest BCUT2D eigenvalue weighted by molar-refractivity contribution is 0.336. The topological polar surface area (TPSA) is 12.0 Å². The normalized spacial score (nSPS) is 19.1. The molecule has 0 radical (unpaired) electrons. The first-order valence-corrected chi connectivity index (χ1v) is 7.72. The lowest BCUT2D eigenvalue weighted by Crippen LogP contribution is -2.33. The van der Waals surface area contributed by atoms with E-state index in [1.165, 1.54) is 50.7 Å². The average molecular weight is 284 g/mol. The molecule has 1 atom stereocenters. The molecule has 1 aromatic carbocycles. The summed E-state index contributed by atoms with van der Waals surface area (Å²) in [5.74, 6) is 0.526. The number of benzene rings is 1. The SMILES string of the molecule is C[C@@H](NCc1cc(F)ccc1Cl)C1CCCCCC1. The molecule has 1 saturated carbocycles. The van der Waals surface area contributed by atoms with Gasteiger partial charge in [-0.25, -0.2) is 4.39 Å².